The molecule has 0 atom stereocenters. The number of nitrogens with one attached hydrogen (secondary N) is 3. The van der Waals surface area contributed by atoms with Gasteiger partial charge in [0.15, 0.2) is 5.11 Å². The van der Waals surface area contributed by atoms with E-state index in [4.69, 9.17) is 29.6 Å². The number of aryl methyl sites for hydroxylation is 1. The number of fused-ring (bicyclic) bond motifs is 1. The Kier molecular flexibility index (Phi) is 4.84. The van der Waals surface area contributed by atoms with Crippen LogP contribution in [0.4, 0.5) is 17.1 Å². The molecule has 2 aromatic carbocycles. The van der Waals surface area contributed by atoms with Crippen LogP contribution < -0.4 is 21.7 Å². The van der Waals surface area contributed by atoms with E-state index in [0.717, 1.165) is 5.56 Å². The third kappa shape index (κ3) is 3.36. The highest BCUT2D eigenvalue weighted by molar-refractivity contribution is 7.80. The van der Waals surface area contributed by atoms with E-state index >= 15 is 0 Å². The summed E-state index contributed by atoms with van der Waals surface area (Å²) in [5.41, 5.74) is 8.54. The molecule has 0 fully saturated rings. The van der Waals surface area contributed by atoms with Gasteiger partial charge in [-0.15, -0.1) is 0 Å². The molecule has 1 aliphatic heterocycles. The summed E-state index contributed by atoms with van der Waals surface area (Å²) >= 11 is 11.6. The predicted octanol–water partition coefficient (Wildman–Crippen LogP) is 3.59. The number of thiocarbonyl (C=S) groups is 1. The molecule has 0 spiro atoms. The minimum atomic E-state index is -0.858. The Morgan fingerprint density at radius 2 is 1.89 bits per heavy atom. The number of benzene rings is 2. The third-order valence-corrected chi connectivity index (χ3v) is 5.17. The second-order valence-electron chi connectivity index (χ2n) is 6.87. The highest BCUT2D eigenvalue weighted by Gasteiger charge is 2.40. The average molecular weight is 403 g/mol. The zero-order valence-corrected chi connectivity index (χ0v) is 16.6. The number of nitrogens with two attached hydrogens (primary N) is 1. The first kappa shape index (κ1) is 19.1. The fraction of sp³-hybridized carbons (Fsp3) is 0.211. The van der Waals surface area contributed by atoms with Gasteiger partial charge in [-0.1, -0.05) is 29.8 Å². The zero-order chi connectivity index (χ0) is 19.9. The summed E-state index contributed by atoms with van der Waals surface area (Å²) in [6.07, 6.45) is 0. The zero-order valence-electron chi connectivity index (χ0n) is 15.1. The van der Waals surface area contributed by atoms with Crippen LogP contribution in [0.25, 0.3) is 0 Å². The lowest BCUT2D eigenvalue weighted by Crippen LogP contribution is -2.49. The number of anilines is 3. The summed E-state index contributed by atoms with van der Waals surface area (Å²) in [6, 6.07) is 8.94. The number of amides is 2. The Bertz CT molecular complexity index is 968. The molecule has 6 nitrogen and oxygen atoms in total. The van der Waals surface area contributed by atoms with Crippen molar-refractivity contribution in [3.63, 3.8) is 0 Å². The maximum absolute atomic E-state index is 12.3. The van der Waals surface area contributed by atoms with Crippen molar-refractivity contribution in [3.05, 3.63) is 52.0 Å². The van der Waals surface area contributed by atoms with Crippen LogP contribution in [0.1, 0.15) is 35.3 Å². The monoisotopic (exact) mass is 402 g/mol. The molecule has 27 heavy (non-hydrogen) atoms. The second kappa shape index (κ2) is 6.83. The maximum Gasteiger partial charge on any atom is 0.260 e. The van der Waals surface area contributed by atoms with Crippen molar-refractivity contribution in [2.45, 2.75) is 26.2 Å². The first-order valence-corrected chi connectivity index (χ1v) is 9.03. The molecule has 0 radical (unpaired) electrons. The SMILES string of the molecule is Cc1cccc(Cl)c1NC(=S)Nc1ccc2c(c1N)C(=O)NC(=O)C2(C)C. The fourth-order valence-electron chi connectivity index (χ4n) is 3.00. The minimum Gasteiger partial charge on any atom is -0.396 e. The van der Waals surface area contributed by atoms with Crippen molar-refractivity contribution in [1.29, 1.82) is 0 Å². The number of carbonyl (C=O) groups is 2. The molecule has 1 aliphatic rings. The fourth-order valence-corrected chi connectivity index (χ4v) is 3.48. The van der Waals surface area contributed by atoms with Crippen molar-refractivity contribution in [2.24, 2.45) is 0 Å². The number of nitrogen functional groups attached to an aromatic ring is 1. The van der Waals surface area contributed by atoms with Gasteiger partial charge in [-0.2, -0.15) is 0 Å². The van der Waals surface area contributed by atoms with Gasteiger partial charge in [0.1, 0.15) is 0 Å². The molecule has 1 heterocycles. The molecule has 0 bridgehead atoms. The van der Waals surface area contributed by atoms with Crippen LogP contribution in [0.3, 0.4) is 0 Å². The molecule has 3 rings (SSSR count). The van der Waals surface area contributed by atoms with Crippen molar-refractivity contribution in [2.75, 3.05) is 16.4 Å². The molecule has 140 valence electrons. The normalized spacial score (nSPS) is 15.0. The number of hydrogen-bond donors (Lipinski definition) is 4. The molecule has 2 amide bonds. The summed E-state index contributed by atoms with van der Waals surface area (Å²) in [4.78, 5) is 24.4. The Morgan fingerprint density at radius 3 is 2.56 bits per heavy atom. The van der Waals surface area contributed by atoms with Gasteiger partial charge in [-0.25, -0.2) is 0 Å². The van der Waals surface area contributed by atoms with E-state index in [-0.39, 0.29) is 22.3 Å². The highest BCUT2D eigenvalue weighted by atomic mass is 35.5. The van der Waals surface area contributed by atoms with Crippen LogP contribution in [-0.2, 0) is 10.2 Å². The summed E-state index contributed by atoms with van der Waals surface area (Å²) in [5.74, 6) is -0.872. The van der Waals surface area contributed by atoms with Crippen LogP contribution in [0.2, 0.25) is 5.02 Å². The first-order chi connectivity index (χ1) is 12.6. The topological polar surface area (TPSA) is 96.2 Å². The number of carbonyl (C=O) groups excluding carboxylic acids is 2. The Hall–Kier alpha value is -2.64. The lowest BCUT2D eigenvalue weighted by Gasteiger charge is -2.31. The van der Waals surface area contributed by atoms with E-state index in [1.54, 1.807) is 32.0 Å². The molecule has 0 aromatic heterocycles. The minimum absolute atomic E-state index is 0.227. The van der Waals surface area contributed by atoms with Crippen LogP contribution in [0.15, 0.2) is 30.3 Å². The summed E-state index contributed by atoms with van der Waals surface area (Å²) in [6.45, 7) is 5.40. The van der Waals surface area contributed by atoms with Crippen molar-refractivity contribution in [1.82, 2.24) is 5.32 Å². The second-order valence-corrected chi connectivity index (χ2v) is 7.68. The molecule has 2 aromatic rings. The van der Waals surface area contributed by atoms with Crippen molar-refractivity contribution in [3.8, 4) is 0 Å². The summed E-state index contributed by atoms with van der Waals surface area (Å²) in [7, 11) is 0. The molecule has 0 saturated carbocycles. The van der Waals surface area contributed by atoms with Crippen LogP contribution in [0, 0.1) is 6.92 Å². The molecule has 0 aliphatic carbocycles. The largest absolute Gasteiger partial charge is 0.396 e. The maximum atomic E-state index is 12.3. The smallest absolute Gasteiger partial charge is 0.260 e. The number of para-hydroxylation sites is 1. The van der Waals surface area contributed by atoms with Gasteiger partial charge < -0.3 is 16.4 Å². The van der Waals surface area contributed by atoms with Gasteiger partial charge in [0.05, 0.1) is 33.1 Å². The van der Waals surface area contributed by atoms with Gasteiger partial charge in [0, 0.05) is 0 Å². The van der Waals surface area contributed by atoms with E-state index in [1.165, 1.54) is 0 Å². The van der Waals surface area contributed by atoms with Gasteiger partial charge >= 0.3 is 0 Å². The van der Waals surface area contributed by atoms with E-state index in [0.29, 0.717) is 22.0 Å². The summed E-state index contributed by atoms with van der Waals surface area (Å²) < 4.78 is 0. The quantitative estimate of drug-likeness (QED) is 0.348. The standard InChI is InChI=1S/C19H19ClN4O2S/c1-9-5-4-6-11(20)15(9)23-18(27)22-12-8-7-10-13(14(12)21)16(25)24-17(26)19(10,2)3/h4-8H,21H2,1-3H3,(H2,22,23,27)(H,24,25,26). The van der Waals surface area contributed by atoms with Crippen LogP contribution in [0.5, 0.6) is 0 Å². The third-order valence-electron chi connectivity index (χ3n) is 4.65. The number of hydrogen-bond acceptors (Lipinski definition) is 4. The summed E-state index contributed by atoms with van der Waals surface area (Å²) in [5, 5.41) is 9.21. The van der Waals surface area contributed by atoms with Crippen molar-refractivity contribution >= 4 is 57.8 Å². The predicted molar refractivity (Wildman–Crippen MR) is 112 cm³/mol. The Morgan fingerprint density at radius 1 is 1.19 bits per heavy atom. The Balaban J connectivity index is 1.91. The van der Waals surface area contributed by atoms with Gasteiger partial charge in [-0.3, -0.25) is 14.9 Å². The number of halogens is 1. The van der Waals surface area contributed by atoms with Crippen LogP contribution in [-0.4, -0.2) is 16.9 Å². The van der Waals surface area contributed by atoms with E-state index < -0.39 is 11.3 Å². The lowest BCUT2D eigenvalue weighted by atomic mass is 9.77. The molecular weight excluding hydrogens is 384 g/mol. The highest BCUT2D eigenvalue weighted by Crippen LogP contribution is 2.37. The Labute approximate surface area is 167 Å². The van der Waals surface area contributed by atoms with Gasteiger partial charge in [0.2, 0.25) is 5.91 Å². The average Bonchev–Trinajstić information content (AvgIpc) is 2.58. The van der Waals surface area contributed by atoms with Gasteiger partial charge in [-0.05, 0) is 56.2 Å². The molecule has 0 saturated heterocycles. The lowest BCUT2D eigenvalue weighted by molar-refractivity contribution is -0.125. The first-order valence-electron chi connectivity index (χ1n) is 8.24. The van der Waals surface area contributed by atoms with E-state index in [1.807, 2.05) is 19.1 Å². The number of rotatable bonds is 2. The van der Waals surface area contributed by atoms with Crippen LogP contribution >= 0.6 is 23.8 Å². The molecule has 5 N–H and O–H groups in total. The van der Waals surface area contributed by atoms with Gasteiger partial charge in [0.25, 0.3) is 5.91 Å². The molecule has 8 heteroatoms. The van der Waals surface area contributed by atoms with E-state index in [9.17, 15) is 9.59 Å². The molecular formula is C19H19ClN4O2S. The van der Waals surface area contributed by atoms with Crippen molar-refractivity contribution < 1.29 is 9.59 Å². The number of imide groups is 1. The van der Waals surface area contributed by atoms with E-state index in [2.05, 4.69) is 16.0 Å². The molecule has 0 unspecified atom stereocenters.